The molecule has 1 aromatic rings. The van der Waals surface area contributed by atoms with Gasteiger partial charge in [-0.1, -0.05) is 24.0 Å². The average molecular weight is 256 g/mol. The number of benzene rings is 1. The Morgan fingerprint density at radius 3 is 2.89 bits per heavy atom. The van der Waals surface area contributed by atoms with Crippen LogP contribution in [0.5, 0.6) is 0 Å². The van der Waals surface area contributed by atoms with Crippen molar-refractivity contribution in [3.05, 3.63) is 34.7 Å². The molecule has 8 heteroatoms. The van der Waals surface area contributed by atoms with Crippen molar-refractivity contribution in [2.75, 3.05) is 6.61 Å². The predicted molar refractivity (Wildman–Crippen MR) is 64.1 cm³/mol. The van der Waals surface area contributed by atoms with Gasteiger partial charge in [0.15, 0.2) is 0 Å². The van der Waals surface area contributed by atoms with Gasteiger partial charge in [0.05, 0.1) is 0 Å². The second-order valence-electron chi connectivity index (χ2n) is 4.11. The van der Waals surface area contributed by atoms with Crippen LogP contribution in [0.2, 0.25) is 0 Å². The summed E-state index contributed by atoms with van der Waals surface area (Å²) in [6, 6.07) is 6.08. The minimum Gasteiger partial charge on any atom is -0.624 e. The average Bonchev–Trinajstić information content (AvgIpc) is 2.34. The maximum absolute atomic E-state index is 12.5. The Morgan fingerprint density at radius 2 is 2.22 bits per heavy atom. The van der Waals surface area contributed by atoms with Gasteiger partial charge in [-0.3, -0.25) is 5.06 Å². The van der Waals surface area contributed by atoms with E-state index in [1.54, 1.807) is 12.1 Å². The highest BCUT2D eigenvalue weighted by Gasteiger charge is 2.49. The van der Waals surface area contributed by atoms with Crippen LogP contribution >= 0.6 is 0 Å². The zero-order chi connectivity index (χ0) is 13.4. The van der Waals surface area contributed by atoms with E-state index in [2.05, 4.69) is 5.43 Å². The summed E-state index contributed by atoms with van der Waals surface area (Å²) in [7, 11) is 0. The van der Waals surface area contributed by atoms with Gasteiger partial charge in [0.25, 0.3) is 0 Å². The van der Waals surface area contributed by atoms with Gasteiger partial charge in [0, 0.05) is 12.1 Å². The summed E-state index contributed by atoms with van der Waals surface area (Å²) in [5, 5.41) is 33.3. The van der Waals surface area contributed by atoms with Gasteiger partial charge in [-0.25, -0.2) is 5.73 Å². The van der Waals surface area contributed by atoms with Gasteiger partial charge in [-0.2, -0.15) is 4.84 Å². The van der Waals surface area contributed by atoms with Gasteiger partial charge < -0.3 is 15.5 Å². The Labute approximate surface area is 104 Å². The largest absolute Gasteiger partial charge is 0.624 e. The smallest absolute Gasteiger partial charge is 0.372 e. The van der Waals surface area contributed by atoms with Gasteiger partial charge in [-0.05, 0) is 11.8 Å². The lowest BCUT2D eigenvalue weighted by Crippen LogP contribution is -3.20. The maximum atomic E-state index is 12.5. The zero-order valence-electron chi connectivity index (χ0n) is 9.92. The van der Waals surface area contributed by atoms with E-state index >= 15 is 0 Å². The standard InChI is InChI=1S/C10H16N4O4/c1-2-7-18-14(17)9-6-4-3-5-8(9)13(16)10(11,15)12-14/h3-6,12-13,15H,2,7,11H2,1H3. The summed E-state index contributed by atoms with van der Waals surface area (Å²) in [5.41, 5.74) is 7.56. The van der Waals surface area contributed by atoms with E-state index in [1.165, 1.54) is 12.1 Å². The minimum atomic E-state index is -2.44. The molecule has 3 unspecified atom stereocenters. The van der Waals surface area contributed by atoms with Crippen molar-refractivity contribution in [2.24, 2.45) is 5.73 Å². The Kier molecular flexibility index (Phi) is 3.36. The molecule has 18 heavy (non-hydrogen) atoms. The molecule has 0 aliphatic carbocycles. The quantitative estimate of drug-likeness (QED) is 0.310. The van der Waals surface area contributed by atoms with E-state index in [0.717, 1.165) is 0 Å². The monoisotopic (exact) mass is 256 g/mol. The van der Waals surface area contributed by atoms with Crippen LogP contribution in [-0.4, -0.2) is 17.7 Å². The van der Waals surface area contributed by atoms with Crippen LogP contribution in [0.4, 0.5) is 11.4 Å². The summed E-state index contributed by atoms with van der Waals surface area (Å²) in [6.07, 6.45) is 0.614. The van der Waals surface area contributed by atoms with Crippen molar-refractivity contribution in [1.82, 2.24) is 10.3 Å². The highest BCUT2D eigenvalue weighted by Crippen LogP contribution is 2.30. The number of para-hydroxylation sites is 2. The summed E-state index contributed by atoms with van der Waals surface area (Å²) in [5.74, 6) is -2.44. The first-order valence-electron chi connectivity index (χ1n) is 5.60. The highest BCUT2D eigenvalue weighted by molar-refractivity contribution is 5.60. The molecule has 0 saturated carbocycles. The van der Waals surface area contributed by atoms with E-state index in [9.17, 15) is 15.5 Å². The molecule has 0 saturated heterocycles. The van der Waals surface area contributed by atoms with Gasteiger partial charge in [-0.15, -0.1) is 0 Å². The van der Waals surface area contributed by atoms with Crippen molar-refractivity contribution in [2.45, 2.75) is 19.3 Å². The number of aliphatic hydroxyl groups is 1. The fourth-order valence-electron chi connectivity index (χ4n) is 1.78. The van der Waals surface area contributed by atoms with Crippen LogP contribution in [0.3, 0.4) is 0 Å². The third-order valence-corrected chi connectivity index (χ3v) is 2.61. The molecule has 0 radical (unpaired) electrons. The molecule has 0 bridgehead atoms. The predicted octanol–water partition coefficient (Wildman–Crippen LogP) is -1.07. The maximum Gasteiger partial charge on any atom is 0.372 e. The summed E-state index contributed by atoms with van der Waals surface area (Å²) in [6.45, 7) is 2.00. The molecule has 0 aromatic heterocycles. The number of nitrogens with zero attached hydrogens (tertiary/aromatic N) is 1. The van der Waals surface area contributed by atoms with E-state index in [4.69, 9.17) is 10.6 Å². The highest BCUT2D eigenvalue weighted by atomic mass is 17.0. The van der Waals surface area contributed by atoms with E-state index in [1.807, 2.05) is 6.92 Å². The van der Waals surface area contributed by atoms with Crippen molar-refractivity contribution in [3.63, 3.8) is 0 Å². The summed E-state index contributed by atoms with van der Waals surface area (Å²) >= 11 is 0. The lowest BCUT2D eigenvalue weighted by molar-refractivity contribution is -0.886. The fraction of sp³-hybridized carbons (Fsp3) is 0.400. The number of hydrogen-bond donors (Lipinski definition) is 4. The van der Waals surface area contributed by atoms with Crippen molar-refractivity contribution < 1.29 is 15.0 Å². The lowest BCUT2D eigenvalue weighted by Gasteiger charge is -2.48. The molecule has 0 spiro atoms. The number of nitrogens with one attached hydrogen (secondary N) is 2. The molecule has 1 aliphatic rings. The van der Waals surface area contributed by atoms with Crippen LogP contribution in [0.15, 0.2) is 24.3 Å². The molecule has 0 amide bonds. The van der Waals surface area contributed by atoms with E-state index < -0.39 is 16.0 Å². The second-order valence-corrected chi connectivity index (χ2v) is 4.11. The molecular weight excluding hydrogens is 240 g/mol. The first-order valence-corrected chi connectivity index (χ1v) is 5.60. The Balaban J connectivity index is 2.46. The summed E-state index contributed by atoms with van der Waals surface area (Å²) < 4.78 is 0. The van der Waals surface area contributed by atoms with Crippen LogP contribution in [-0.2, 0) is 4.84 Å². The molecule has 5 N–H and O–H groups in total. The summed E-state index contributed by atoms with van der Waals surface area (Å²) in [4.78, 5) is 3.63. The Hall–Kier alpha value is -1.10. The molecule has 8 nitrogen and oxygen atoms in total. The number of nitrogens with two attached hydrogens (primary N) is 1. The number of hydrogen-bond acceptors (Lipinski definition) is 6. The Morgan fingerprint density at radius 1 is 1.56 bits per heavy atom. The second kappa shape index (κ2) is 4.53. The molecular formula is C10H16N4O4. The van der Waals surface area contributed by atoms with Crippen LogP contribution < -0.4 is 21.1 Å². The van der Waals surface area contributed by atoms with Crippen molar-refractivity contribution >= 4 is 11.4 Å². The SMILES string of the molecule is CCCO[N+]1([O-])NC(N)(O)[NH+]([O-])c2ccccc21. The molecule has 0 fully saturated rings. The molecule has 100 valence electrons. The van der Waals surface area contributed by atoms with E-state index in [-0.39, 0.29) is 18.0 Å². The molecule has 1 heterocycles. The number of quaternary nitrogens is 2. The van der Waals surface area contributed by atoms with Crippen molar-refractivity contribution in [1.29, 1.82) is 0 Å². The van der Waals surface area contributed by atoms with Crippen LogP contribution in [0, 0.1) is 10.4 Å². The van der Waals surface area contributed by atoms with Gasteiger partial charge in [0.2, 0.25) is 11.4 Å². The molecule has 2 rings (SSSR count). The Bertz CT molecular complexity index is 442. The van der Waals surface area contributed by atoms with Gasteiger partial charge >= 0.3 is 5.97 Å². The fourth-order valence-corrected chi connectivity index (χ4v) is 1.78. The topological polar surface area (TPSA) is 118 Å². The minimum absolute atomic E-state index is 0.0485. The van der Waals surface area contributed by atoms with Gasteiger partial charge in [0.1, 0.15) is 6.61 Å². The zero-order valence-corrected chi connectivity index (χ0v) is 9.92. The van der Waals surface area contributed by atoms with Crippen LogP contribution in [0.25, 0.3) is 0 Å². The first kappa shape index (κ1) is 13.3. The van der Waals surface area contributed by atoms with Crippen molar-refractivity contribution in [3.8, 4) is 0 Å². The third kappa shape index (κ3) is 2.11. The first-order chi connectivity index (χ1) is 8.41. The third-order valence-electron chi connectivity index (χ3n) is 2.61. The molecule has 1 aliphatic heterocycles. The lowest BCUT2D eigenvalue weighted by atomic mass is 10.2. The van der Waals surface area contributed by atoms with E-state index in [0.29, 0.717) is 6.42 Å². The number of rotatable bonds is 3. The number of hydroxylamine groups is 1. The molecule has 3 atom stereocenters. The normalized spacial score (nSPS) is 35.3. The van der Waals surface area contributed by atoms with Crippen LogP contribution in [0.1, 0.15) is 13.3 Å². The number of fused-ring (bicyclic) bond motifs is 1. The molecule has 1 aromatic carbocycles.